The summed E-state index contributed by atoms with van der Waals surface area (Å²) in [5.41, 5.74) is 0. The van der Waals surface area contributed by atoms with E-state index in [0.717, 1.165) is 24.2 Å². The minimum absolute atomic E-state index is 0.125. The third kappa shape index (κ3) is 3.64. The Bertz CT molecular complexity index is 465. The summed E-state index contributed by atoms with van der Waals surface area (Å²) in [7, 11) is -1.84. The molecule has 1 N–H and O–H groups in total. The maximum absolute atomic E-state index is 12.1. The normalized spacial score (nSPS) is 11.9. The molecule has 1 aromatic heterocycles. The van der Waals surface area contributed by atoms with Crippen molar-refractivity contribution in [3.63, 3.8) is 0 Å². The van der Waals surface area contributed by atoms with Crippen LogP contribution in [0.2, 0.25) is 0 Å². The summed E-state index contributed by atoms with van der Waals surface area (Å²) >= 11 is 1.11. The van der Waals surface area contributed by atoms with Crippen LogP contribution >= 0.6 is 11.3 Å². The minimum atomic E-state index is -3.40. The summed E-state index contributed by atoms with van der Waals surface area (Å²) in [6, 6.07) is 3.17. The Balaban J connectivity index is 2.76. The Hall–Kier alpha value is -0.690. The molecule has 0 aromatic carbocycles. The average molecular weight is 275 g/mol. The Morgan fingerprint density at radius 2 is 2.24 bits per heavy atom. The molecule has 17 heavy (non-hydrogen) atoms. The topological polar surface area (TPSA) is 57.6 Å². The summed E-state index contributed by atoms with van der Waals surface area (Å²) in [4.78, 5) is 0.656. The molecule has 96 valence electrons. The predicted octanol–water partition coefficient (Wildman–Crippen LogP) is 1.83. The third-order valence-electron chi connectivity index (χ3n) is 2.34. The molecule has 0 saturated carbocycles. The molecule has 0 unspecified atom stereocenters. The zero-order chi connectivity index (χ0) is 12.9. The zero-order valence-electron chi connectivity index (χ0n) is 9.80. The van der Waals surface area contributed by atoms with Crippen molar-refractivity contribution >= 4 is 21.4 Å². The van der Waals surface area contributed by atoms with Crippen LogP contribution in [0.4, 0.5) is 0 Å². The molecule has 6 heteroatoms. The third-order valence-corrected chi connectivity index (χ3v) is 5.73. The van der Waals surface area contributed by atoms with E-state index in [1.807, 2.05) is 0 Å². The average Bonchev–Trinajstić information content (AvgIpc) is 2.78. The van der Waals surface area contributed by atoms with Crippen LogP contribution in [0.3, 0.4) is 0 Å². The van der Waals surface area contributed by atoms with Gasteiger partial charge in [0.25, 0.3) is 10.0 Å². The number of sulfonamides is 1. The molecular weight excluding hydrogens is 258 g/mol. The van der Waals surface area contributed by atoms with Crippen LogP contribution in [0.15, 0.2) is 29.0 Å². The van der Waals surface area contributed by atoms with E-state index in [9.17, 15) is 8.42 Å². The first-order valence-electron chi connectivity index (χ1n) is 5.29. The molecule has 0 spiro atoms. The standard InChI is InChI=1S/C11H17NO3S2/c1-3-4-5-8-12(2)17(14,15)11-7-6-10(9-13)16-11/h3,6-7,13H,1,4-5,8-9H2,2H3. The van der Waals surface area contributed by atoms with Crippen LogP contribution < -0.4 is 0 Å². The van der Waals surface area contributed by atoms with Crippen molar-refractivity contribution in [2.75, 3.05) is 13.6 Å². The van der Waals surface area contributed by atoms with Gasteiger partial charge in [-0.25, -0.2) is 12.7 Å². The van der Waals surface area contributed by atoms with Gasteiger partial charge in [-0.1, -0.05) is 6.08 Å². The minimum Gasteiger partial charge on any atom is -0.391 e. The van der Waals surface area contributed by atoms with E-state index in [1.54, 1.807) is 19.2 Å². The van der Waals surface area contributed by atoms with Crippen LogP contribution in [0.1, 0.15) is 17.7 Å². The molecule has 0 fully saturated rings. The maximum atomic E-state index is 12.1. The summed E-state index contributed by atoms with van der Waals surface area (Å²) in [5, 5.41) is 8.92. The van der Waals surface area contributed by atoms with Crippen LogP contribution in [-0.2, 0) is 16.6 Å². The van der Waals surface area contributed by atoms with Crippen LogP contribution in [0.5, 0.6) is 0 Å². The van der Waals surface area contributed by atoms with Gasteiger partial charge in [-0.15, -0.1) is 17.9 Å². The molecule has 0 saturated heterocycles. The van der Waals surface area contributed by atoms with E-state index in [-0.39, 0.29) is 10.8 Å². The monoisotopic (exact) mass is 275 g/mol. The van der Waals surface area contributed by atoms with Crippen molar-refractivity contribution in [2.45, 2.75) is 23.7 Å². The number of hydrogen-bond acceptors (Lipinski definition) is 4. The molecule has 1 heterocycles. The fraction of sp³-hybridized carbons (Fsp3) is 0.455. The molecule has 0 radical (unpaired) electrons. The summed E-state index contributed by atoms with van der Waals surface area (Å²) < 4.78 is 25.8. The number of nitrogens with zero attached hydrogens (tertiary/aromatic N) is 1. The lowest BCUT2D eigenvalue weighted by atomic mass is 10.3. The van der Waals surface area contributed by atoms with Gasteiger partial charge in [-0.3, -0.25) is 0 Å². The second-order valence-corrected chi connectivity index (χ2v) is 7.08. The van der Waals surface area contributed by atoms with E-state index >= 15 is 0 Å². The van der Waals surface area contributed by atoms with Crippen molar-refractivity contribution in [1.29, 1.82) is 0 Å². The van der Waals surface area contributed by atoms with Gasteiger partial charge in [0, 0.05) is 18.5 Å². The lowest BCUT2D eigenvalue weighted by molar-refractivity contribution is 0.285. The van der Waals surface area contributed by atoms with E-state index in [2.05, 4.69) is 6.58 Å². The first-order chi connectivity index (χ1) is 8.02. The van der Waals surface area contributed by atoms with Crippen molar-refractivity contribution in [1.82, 2.24) is 4.31 Å². The summed E-state index contributed by atoms with van der Waals surface area (Å²) in [6.45, 7) is 3.95. The van der Waals surface area contributed by atoms with Gasteiger partial charge < -0.3 is 5.11 Å². The highest BCUT2D eigenvalue weighted by Crippen LogP contribution is 2.24. The molecule has 0 aliphatic carbocycles. The smallest absolute Gasteiger partial charge is 0.252 e. The summed E-state index contributed by atoms with van der Waals surface area (Å²) in [5.74, 6) is 0. The van der Waals surface area contributed by atoms with Gasteiger partial charge in [-0.2, -0.15) is 0 Å². The second-order valence-electron chi connectivity index (χ2n) is 3.64. The Morgan fingerprint density at radius 1 is 1.53 bits per heavy atom. The molecule has 1 rings (SSSR count). The number of aliphatic hydroxyl groups is 1. The largest absolute Gasteiger partial charge is 0.391 e. The van der Waals surface area contributed by atoms with E-state index in [0.29, 0.717) is 11.4 Å². The highest BCUT2D eigenvalue weighted by atomic mass is 32.2. The second kappa shape index (κ2) is 6.30. The molecule has 0 atom stereocenters. The van der Waals surface area contributed by atoms with Crippen molar-refractivity contribution < 1.29 is 13.5 Å². The van der Waals surface area contributed by atoms with Gasteiger partial charge in [-0.05, 0) is 25.0 Å². The van der Waals surface area contributed by atoms with Gasteiger partial charge in [0.05, 0.1) is 6.61 Å². The van der Waals surface area contributed by atoms with Crippen LogP contribution in [0.25, 0.3) is 0 Å². The Kier molecular flexibility index (Phi) is 5.32. The maximum Gasteiger partial charge on any atom is 0.252 e. The Morgan fingerprint density at radius 3 is 2.76 bits per heavy atom. The number of thiophene rings is 1. The first kappa shape index (κ1) is 14.4. The Labute approximate surface area is 106 Å². The molecule has 0 aliphatic rings. The van der Waals surface area contributed by atoms with E-state index in [4.69, 9.17) is 5.11 Å². The fourth-order valence-electron chi connectivity index (χ4n) is 1.31. The van der Waals surface area contributed by atoms with Crippen molar-refractivity contribution in [3.05, 3.63) is 29.7 Å². The van der Waals surface area contributed by atoms with Gasteiger partial charge in [0.1, 0.15) is 4.21 Å². The molecule has 0 aliphatic heterocycles. The fourth-order valence-corrected chi connectivity index (χ4v) is 3.95. The molecule has 0 amide bonds. The van der Waals surface area contributed by atoms with Crippen LogP contribution in [-0.4, -0.2) is 31.4 Å². The van der Waals surface area contributed by atoms with E-state index < -0.39 is 10.0 Å². The molecular formula is C11H17NO3S2. The predicted molar refractivity (Wildman–Crippen MR) is 69.5 cm³/mol. The highest BCUT2D eigenvalue weighted by molar-refractivity contribution is 7.91. The van der Waals surface area contributed by atoms with Crippen molar-refractivity contribution in [2.24, 2.45) is 0 Å². The lowest BCUT2D eigenvalue weighted by Gasteiger charge is -2.15. The summed E-state index contributed by atoms with van der Waals surface area (Å²) in [6.07, 6.45) is 3.33. The molecule has 0 bridgehead atoms. The lowest BCUT2D eigenvalue weighted by Crippen LogP contribution is -2.27. The number of hydrogen-bond donors (Lipinski definition) is 1. The number of unbranched alkanes of at least 4 members (excludes halogenated alkanes) is 1. The molecule has 4 nitrogen and oxygen atoms in total. The van der Waals surface area contributed by atoms with Gasteiger partial charge in [0.2, 0.25) is 0 Å². The first-order valence-corrected chi connectivity index (χ1v) is 7.55. The molecule has 1 aromatic rings. The van der Waals surface area contributed by atoms with E-state index in [1.165, 1.54) is 10.4 Å². The van der Waals surface area contributed by atoms with Crippen molar-refractivity contribution in [3.8, 4) is 0 Å². The highest BCUT2D eigenvalue weighted by Gasteiger charge is 2.21. The number of allylic oxidation sites excluding steroid dienone is 1. The quantitative estimate of drug-likeness (QED) is 0.610. The van der Waals surface area contributed by atoms with Gasteiger partial charge in [0.15, 0.2) is 0 Å². The zero-order valence-corrected chi connectivity index (χ0v) is 11.4. The van der Waals surface area contributed by atoms with Crippen LogP contribution in [0, 0.1) is 0 Å². The number of rotatable bonds is 7. The van der Waals surface area contributed by atoms with Gasteiger partial charge >= 0.3 is 0 Å². The number of aliphatic hydroxyl groups excluding tert-OH is 1. The SMILES string of the molecule is C=CCCCN(C)S(=O)(=O)c1ccc(CO)s1.